The van der Waals surface area contributed by atoms with Gasteiger partial charge in [-0.3, -0.25) is 10.1 Å². The molecular weight excluding hydrogens is 252 g/mol. The van der Waals surface area contributed by atoms with E-state index in [-0.39, 0.29) is 11.6 Å². The molecule has 2 aromatic rings. The summed E-state index contributed by atoms with van der Waals surface area (Å²) in [5, 5.41) is 21.3. The van der Waals surface area contributed by atoms with Gasteiger partial charge in [0.2, 0.25) is 5.89 Å². The summed E-state index contributed by atoms with van der Waals surface area (Å²) in [7, 11) is 3.18. The van der Waals surface area contributed by atoms with Gasteiger partial charge in [0, 0.05) is 6.07 Å². The molecule has 1 heterocycles. The third-order valence-electron chi connectivity index (χ3n) is 2.42. The predicted molar refractivity (Wildman–Crippen MR) is 65.7 cm³/mol. The van der Waals surface area contributed by atoms with Crippen LogP contribution in [-0.2, 0) is 6.54 Å². The number of hydrogen-bond donors (Lipinski definition) is 1. The van der Waals surface area contributed by atoms with Crippen LogP contribution in [0, 0.1) is 10.1 Å². The Kier molecular flexibility index (Phi) is 3.71. The molecule has 0 fully saturated rings. The van der Waals surface area contributed by atoms with E-state index in [1.807, 2.05) is 0 Å². The van der Waals surface area contributed by atoms with Crippen molar-refractivity contribution in [2.75, 3.05) is 14.2 Å². The molecule has 2 rings (SSSR count). The lowest BCUT2D eigenvalue weighted by molar-refractivity contribution is -0.384. The molecule has 19 heavy (non-hydrogen) atoms. The molecule has 8 heteroatoms. The number of benzene rings is 1. The number of nitro benzene ring substituents is 1. The zero-order chi connectivity index (χ0) is 13.8. The monoisotopic (exact) mass is 264 g/mol. The molecule has 0 saturated heterocycles. The largest absolute Gasteiger partial charge is 0.496 e. The van der Waals surface area contributed by atoms with Gasteiger partial charge in [0.1, 0.15) is 5.75 Å². The Bertz CT molecular complexity index is 596. The van der Waals surface area contributed by atoms with E-state index in [0.29, 0.717) is 23.7 Å². The minimum atomic E-state index is -0.494. The van der Waals surface area contributed by atoms with E-state index in [2.05, 4.69) is 15.5 Å². The number of nitrogens with zero attached hydrogens (tertiary/aromatic N) is 3. The first-order valence-corrected chi connectivity index (χ1v) is 5.45. The zero-order valence-corrected chi connectivity index (χ0v) is 10.4. The van der Waals surface area contributed by atoms with Crippen LogP contribution in [-0.4, -0.2) is 29.3 Å². The normalized spacial score (nSPS) is 10.4. The Morgan fingerprint density at radius 1 is 1.47 bits per heavy atom. The summed E-state index contributed by atoms with van der Waals surface area (Å²) < 4.78 is 10.5. The molecule has 0 aliphatic rings. The molecule has 0 amide bonds. The summed E-state index contributed by atoms with van der Waals surface area (Å²) in [6.07, 6.45) is 0. The van der Waals surface area contributed by atoms with E-state index < -0.39 is 4.92 Å². The molecule has 0 radical (unpaired) electrons. The predicted octanol–water partition coefficient (Wildman–Crippen LogP) is 1.37. The topological polar surface area (TPSA) is 103 Å². The summed E-state index contributed by atoms with van der Waals surface area (Å²) in [5.41, 5.74) is 0.457. The second-order valence-corrected chi connectivity index (χ2v) is 3.67. The van der Waals surface area contributed by atoms with Crippen molar-refractivity contribution in [2.24, 2.45) is 0 Å². The fourth-order valence-electron chi connectivity index (χ4n) is 1.56. The molecule has 8 nitrogen and oxygen atoms in total. The van der Waals surface area contributed by atoms with E-state index in [1.165, 1.54) is 25.3 Å². The second kappa shape index (κ2) is 5.44. The molecule has 1 N–H and O–H groups in total. The van der Waals surface area contributed by atoms with Crippen molar-refractivity contribution in [3.63, 3.8) is 0 Å². The third kappa shape index (κ3) is 2.68. The summed E-state index contributed by atoms with van der Waals surface area (Å²) >= 11 is 0. The van der Waals surface area contributed by atoms with Crippen LogP contribution >= 0.6 is 0 Å². The van der Waals surface area contributed by atoms with Gasteiger partial charge in [-0.2, -0.15) is 0 Å². The van der Waals surface area contributed by atoms with Crippen molar-refractivity contribution in [3.8, 4) is 17.2 Å². The fraction of sp³-hybridized carbons (Fsp3) is 0.273. The van der Waals surface area contributed by atoms with Crippen molar-refractivity contribution >= 4 is 5.69 Å². The van der Waals surface area contributed by atoms with Crippen molar-refractivity contribution in [3.05, 3.63) is 34.2 Å². The fourth-order valence-corrected chi connectivity index (χ4v) is 1.56. The van der Waals surface area contributed by atoms with Gasteiger partial charge in [-0.25, -0.2) is 0 Å². The van der Waals surface area contributed by atoms with E-state index in [0.717, 1.165) is 0 Å². The summed E-state index contributed by atoms with van der Waals surface area (Å²) in [5.74, 6) is 1.00. The highest BCUT2D eigenvalue weighted by atomic mass is 16.6. The van der Waals surface area contributed by atoms with Crippen LogP contribution in [0.2, 0.25) is 0 Å². The highest BCUT2D eigenvalue weighted by Gasteiger charge is 2.17. The molecule has 0 atom stereocenters. The van der Waals surface area contributed by atoms with Gasteiger partial charge >= 0.3 is 0 Å². The minimum Gasteiger partial charge on any atom is -0.496 e. The van der Waals surface area contributed by atoms with E-state index >= 15 is 0 Å². The van der Waals surface area contributed by atoms with Gasteiger partial charge in [-0.1, -0.05) is 0 Å². The highest BCUT2D eigenvalue weighted by Crippen LogP contribution is 2.32. The standard InChI is InChI=1S/C11H12N4O4/c1-12-6-10-13-14-11(19-10)8-4-3-7(15(16)17)5-9(8)18-2/h3-5,12H,6H2,1-2H3. The average molecular weight is 264 g/mol. The SMILES string of the molecule is CNCc1nnc(-c2ccc([N+](=O)[O-])cc2OC)o1. The van der Waals surface area contributed by atoms with Gasteiger partial charge < -0.3 is 14.5 Å². The van der Waals surface area contributed by atoms with Crippen LogP contribution in [0.1, 0.15) is 5.89 Å². The van der Waals surface area contributed by atoms with Crippen molar-refractivity contribution in [1.29, 1.82) is 0 Å². The van der Waals surface area contributed by atoms with Gasteiger partial charge in [0.25, 0.3) is 11.6 Å². The molecule has 100 valence electrons. The number of methoxy groups -OCH3 is 1. The molecular formula is C11H12N4O4. The maximum absolute atomic E-state index is 10.7. The third-order valence-corrected chi connectivity index (χ3v) is 2.42. The first-order valence-electron chi connectivity index (χ1n) is 5.45. The Balaban J connectivity index is 2.40. The number of non-ortho nitro benzene ring substituents is 1. The van der Waals surface area contributed by atoms with E-state index in [1.54, 1.807) is 7.05 Å². The highest BCUT2D eigenvalue weighted by molar-refractivity contribution is 5.65. The van der Waals surface area contributed by atoms with Gasteiger partial charge in [0.15, 0.2) is 0 Å². The lowest BCUT2D eigenvalue weighted by Crippen LogP contribution is -2.04. The number of ether oxygens (including phenoxy) is 1. The Labute approximate surface area is 108 Å². The molecule has 0 aliphatic heterocycles. The lowest BCUT2D eigenvalue weighted by atomic mass is 10.2. The van der Waals surface area contributed by atoms with Gasteiger partial charge in [-0.15, -0.1) is 10.2 Å². The Morgan fingerprint density at radius 3 is 2.89 bits per heavy atom. The molecule has 1 aromatic carbocycles. The van der Waals surface area contributed by atoms with Crippen molar-refractivity contribution in [2.45, 2.75) is 6.54 Å². The van der Waals surface area contributed by atoms with Crippen LogP contribution in [0.5, 0.6) is 5.75 Å². The van der Waals surface area contributed by atoms with E-state index in [9.17, 15) is 10.1 Å². The second-order valence-electron chi connectivity index (χ2n) is 3.67. The molecule has 1 aromatic heterocycles. The van der Waals surface area contributed by atoms with Gasteiger partial charge in [0.05, 0.1) is 30.2 Å². The van der Waals surface area contributed by atoms with Crippen LogP contribution in [0.15, 0.2) is 22.6 Å². The van der Waals surface area contributed by atoms with Crippen LogP contribution < -0.4 is 10.1 Å². The number of aromatic nitrogens is 2. The number of rotatable bonds is 5. The Hall–Kier alpha value is -2.48. The maximum atomic E-state index is 10.7. The number of nitro groups is 1. The molecule has 0 aliphatic carbocycles. The molecule has 0 saturated carbocycles. The molecule has 0 bridgehead atoms. The van der Waals surface area contributed by atoms with Crippen LogP contribution in [0.3, 0.4) is 0 Å². The lowest BCUT2D eigenvalue weighted by Gasteiger charge is -2.04. The van der Waals surface area contributed by atoms with Crippen LogP contribution in [0.4, 0.5) is 5.69 Å². The first-order chi connectivity index (χ1) is 9.15. The number of hydrogen-bond acceptors (Lipinski definition) is 7. The summed E-state index contributed by atoms with van der Waals surface area (Å²) in [4.78, 5) is 10.2. The number of nitrogens with one attached hydrogen (secondary N) is 1. The summed E-state index contributed by atoms with van der Waals surface area (Å²) in [6, 6.07) is 4.20. The Morgan fingerprint density at radius 2 is 2.26 bits per heavy atom. The first kappa shape index (κ1) is 13.0. The molecule has 0 unspecified atom stereocenters. The quantitative estimate of drug-likeness (QED) is 0.642. The smallest absolute Gasteiger partial charge is 0.273 e. The van der Waals surface area contributed by atoms with Crippen LogP contribution in [0.25, 0.3) is 11.5 Å². The minimum absolute atomic E-state index is 0.0597. The average Bonchev–Trinajstić information content (AvgIpc) is 2.86. The van der Waals surface area contributed by atoms with Gasteiger partial charge in [-0.05, 0) is 13.1 Å². The summed E-state index contributed by atoms with van der Waals surface area (Å²) in [6.45, 7) is 0.447. The van der Waals surface area contributed by atoms with Crippen molar-refractivity contribution < 1.29 is 14.1 Å². The zero-order valence-electron chi connectivity index (χ0n) is 10.4. The molecule has 0 spiro atoms. The maximum Gasteiger partial charge on any atom is 0.273 e. The van der Waals surface area contributed by atoms with E-state index in [4.69, 9.17) is 9.15 Å². The van der Waals surface area contributed by atoms with Crippen molar-refractivity contribution in [1.82, 2.24) is 15.5 Å².